The molecule has 6 heteroatoms. The average Bonchev–Trinajstić information content (AvgIpc) is 2.52. The standard InChI is InChI=1S/C16H14ClFN2O2/c17-13-5-1-11(2-6-13)15(21)19-9-10-20-16(22)12-3-7-14(18)8-4-12/h1-8H,9-10H2,(H,19,21)(H,20,22). The second-order valence-corrected chi connectivity index (χ2v) is 4.96. The van der Waals surface area contributed by atoms with Gasteiger partial charge in [0.1, 0.15) is 5.82 Å². The van der Waals surface area contributed by atoms with E-state index in [1.54, 1.807) is 24.3 Å². The Labute approximate surface area is 132 Å². The Hall–Kier alpha value is -2.40. The fourth-order valence-corrected chi connectivity index (χ4v) is 1.88. The van der Waals surface area contributed by atoms with Crippen LogP contribution in [0.4, 0.5) is 4.39 Å². The summed E-state index contributed by atoms with van der Waals surface area (Å²) in [4.78, 5) is 23.5. The monoisotopic (exact) mass is 320 g/mol. The molecule has 0 heterocycles. The van der Waals surface area contributed by atoms with Crippen LogP contribution in [0.3, 0.4) is 0 Å². The molecule has 2 aromatic rings. The number of rotatable bonds is 5. The van der Waals surface area contributed by atoms with Crippen molar-refractivity contribution in [1.82, 2.24) is 10.6 Å². The van der Waals surface area contributed by atoms with Crippen molar-refractivity contribution in [2.24, 2.45) is 0 Å². The van der Waals surface area contributed by atoms with Crippen LogP contribution in [0.5, 0.6) is 0 Å². The minimum absolute atomic E-state index is 0.243. The Morgan fingerprint density at radius 3 is 1.68 bits per heavy atom. The van der Waals surface area contributed by atoms with E-state index in [2.05, 4.69) is 10.6 Å². The van der Waals surface area contributed by atoms with E-state index in [4.69, 9.17) is 11.6 Å². The fourth-order valence-electron chi connectivity index (χ4n) is 1.76. The van der Waals surface area contributed by atoms with E-state index in [9.17, 15) is 14.0 Å². The van der Waals surface area contributed by atoms with Crippen LogP contribution in [0, 0.1) is 5.82 Å². The zero-order valence-electron chi connectivity index (χ0n) is 11.6. The van der Waals surface area contributed by atoms with Crippen LogP contribution >= 0.6 is 11.6 Å². The van der Waals surface area contributed by atoms with Crippen LogP contribution < -0.4 is 10.6 Å². The highest BCUT2D eigenvalue weighted by atomic mass is 35.5. The molecular formula is C16H14ClFN2O2. The van der Waals surface area contributed by atoms with E-state index < -0.39 is 5.82 Å². The van der Waals surface area contributed by atoms with Crippen molar-refractivity contribution in [1.29, 1.82) is 0 Å². The van der Waals surface area contributed by atoms with Gasteiger partial charge >= 0.3 is 0 Å². The first-order valence-electron chi connectivity index (χ1n) is 6.64. The van der Waals surface area contributed by atoms with Crippen molar-refractivity contribution in [3.8, 4) is 0 Å². The molecule has 0 bridgehead atoms. The second kappa shape index (κ2) is 7.56. The predicted octanol–water partition coefficient (Wildman–Crippen LogP) is 2.64. The van der Waals surface area contributed by atoms with E-state index in [-0.39, 0.29) is 24.9 Å². The Kier molecular flexibility index (Phi) is 5.49. The van der Waals surface area contributed by atoms with E-state index >= 15 is 0 Å². The van der Waals surface area contributed by atoms with Crippen LogP contribution in [-0.2, 0) is 0 Å². The van der Waals surface area contributed by atoms with Crippen molar-refractivity contribution in [3.05, 3.63) is 70.5 Å². The molecule has 0 radical (unpaired) electrons. The first-order valence-corrected chi connectivity index (χ1v) is 7.01. The molecule has 2 amide bonds. The topological polar surface area (TPSA) is 58.2 Å². The number of amides is 2. The zero-order chi connectivity index (χ0) is 15.9. The molecule has 22 heavy (non-hydrogen) atoms. The number of hydrogen-bond donors (Lipinski definition) is 2. The Balaban J connectivity index is 1.74. The van der Waals surface area contributed by atoms with Crippen LogP contribution in [0.2, 0.25) is 5.02 Å². The van der Waals surface area contributed by atoms with Crippen LogP contribution in [0.15, 0.2) is 48.5 Å². The highest BCUT2D eigenvalue weighted by Crippen LogP contribution is 2.09. The third kappa shape index (κ3) is 4.56. The van der Waals surface area contributed by atoms with E-state index in [0.29, 0.717) is 16.1 Å². The molecule has 0 unspecified atom stereocenters. The van der Waals surface area contributed by atoms with Crippen LogP contribution in [-0.4, -0.2) is 24.9 Å². The lowest BCUT2D eigenvalue weighted by atomic mass is 10.2. The summed E-state index contributed by atoms with van der Waals surface area (Å²) in [5.74, 6) is -0.958. The van der Waals surface area contributed by atoms with Gasteiger partial charge in [0.05, 0.1) is 0 Å². The van der Waals surface area contributed by atoms with E-state index in [1.165, 1.54) is 24.3 Å². The van der Waals surface area contributed by atoms with Gasteiger partial charge in [-0.15, -0.1) is 0 Å². The minimum Gasteiger partial charge on any atom is -0.350 e. The van der Waals surface area contributed by atoms with Crippen molar-refractivity contribution in [3.63, 3.8) is 0 Å². The number of carbonyl (C=O) groups is 2. The molecule has 0 saturated carbocycles. The molecule has 2 rings (SSSR count). The summed E-state index contributed by atoms with van der Waals surface area (Å²) in [6.45, 7) is 0.559. The maximum absolute atomic E-state index is 12.7. The SMILES string of the molecule is O=C(NCCNC(=O)c1ccc(Cl)cc1)c1ccc(F)cc1. The highest BCUT2D eigenvalue weighted by molar-refractivity contribution is 6.30. The van der Waals surface area contributed by atoms with Crippen LogP contribution in [0.1, 0.15) is 20.7 Å². The lowest BCUT2D eigenvalue weighted by molar-refractivity contribution is 0.0927. The molecule has 0 fully saturated rings. The van der Waals surface area contributed by atoms with Gasteiger partial charge in [0.2, 0.25) is 0 Å². The second-order valence-electron chi connectivity index (χ2n) is 4.53. The lowest BCUT2D eigenvalue weighted by Crippen LogP contribution is -2.34. The number of halogens is 2. The summed E-state index contributed by atoms with van der Waals surface area (Å²) in [6, 6.07) is 11.7. The van der Waals surface area contributed by atoms with Crippen molar-refractivity contribution in [2.75, 3.05) is 13.1 Å². The first kappa shape index (κ1) is 16.0. The number of carbonyl (C=O) groups excluding carboxylic acids is 2. The number of hydrogen-bond acceptors (Lipinski definition) is 2. The van der Waals surface area contributed by atoms with Gasteiger partial charge in [0.15, 0.2) is 0 Å². The van der Waals surface area contributed by atoms with Crippen LogP contribution in [0.25, 0.3) is 0 Å². The van der Waals surface area contributed by atoms with Crippen molar-refractivity contribution in [2.45, 2.75) is 0 Å². The van der Waals surface area contributed by atoms with Gasteiger partial charge in [0, 0.05) is 29.2 Å². The van der Waals surface area contributed by atoms with Gasteiger partial charge < -0.3 is 10.6 Å². The maximum Gasteiger partial charge on any atom is 0.251 e. The largest absolute Gasteiger partial charge is 0.350 e. The molecule has 0 spiro atoms. The molecule has 0 aliphatic rings. The van der Waals surface area contributed by atoms with Gasteiger partial charge in [-0.25, -0.2) is 4.39 Å². The minimum atomic E-state index is -0.397. The number of nitrogens with one attached hydrogen (secondary N) is 2. The molecular weight excluding hydrogens is 307 g/mol. The predicted molar refractivity (Wildman–Crippen MR) is 82.5 cm³/mol. The summed E-state index contributed by atoms with van der Waals surface area (Å²) >= 11 is 5.74. The van der Waals surface area contributed by atoms with E-state index in [0.717, 1.165) is 0 Å². The normalized spacial score (nSPS) is 10.1. The molecule has 2 aromatic carbocycles. The van der Waals surface area contributed by atoms with Gasteiger partial charge in [0.25, 0.3) is 11.8 Å². The molecule has 0 aromatic heterocycles. The quantitative estimate of drug-likeness (QED) is 0.832. The Morgan fingerprint density at radius 1 is 0.818 bits per heavy atom. The summed E-state index contributed by atoms with van der Waals surface area (Å²) in [6.07, 6.45) is 0. The van der Waals surface area contributed by atoms with Gasteiger partial charge in [-0.05, 0) is 48.5 Å². The van der Waals surface area contributed by atoms with E-state index in [1.807, 2.05) is 0 Å². The molecule has 114 valence electrons. The van der Waals surface area contributed by atoms with Crippen molar-refractivity contribution < 1.29 is 14.0 Å². The average molecular weight is 321 g/mol. The maximum atomic E-state index is 12.7. The highest BCUT2D eigenvalue weighted by Gasteiger charge is 2.06. The molecule has 0 aliphatic heterocycles. The van der Waals surface area contributed by atoms with Gasteiger partial charge in [-0.2, -0.15) is 0 Å². The Morgan fingerprint density at radius 2 is 1.23 bits per heavy atom. The zero-order valence-corrected chi connectivity index (χ0v) is 12.4. The first-order chi connectivity index (χ1) is 10.6. The summed E-state index contributed by atoms with van der Waals surface area (Å²) in [5.41, 5.74) is 0.861. The summed E-state index contributed by atoms with van der Waals surface area (Å²) in [5, 5.41) is 5.87. The fraction of sp³-hybridized carbons (Fsp3) is 0.125. The molecule has 0 atom stereocenters. The molecule has 0 saturated heterocycles. The lowest BCUT2D eigenvalue weighted by Gasteiger charge is -2.07. The molecule has 0 aliphatic carbocycles. The molecule has 4 nitrogen and oxygen atoms in total. The smallest absolute Gasteiger partial charge is 0.251 e. The molecule has 2 N–H and O–H groups in total. The van der Waals surface area contributed by atoms with Gasteiger partial charge in [-0.1, -0.05) is 11.6 Å². The van der Waals surface area contributed by atoms with Crippen molar-refractivity contribution >= 4 is 23.4 Å². The number of benzene rings is 2. The summed E-state index contributed by atoms with van der Waals surface area (Å²) in [7, 11) is 0. The third-order valence-corrected chi connectivity index (χ3v) is 3.16. The third-order valence-electron chi connectivity index (χ3n) is 2.91. The van der Waals surface area contributed by atoms with Gasteiger partial charge in [-0.3, -0.25) is 9.59 Å². The Bertz CT molecular complexity index is 597. The summed E-state index contributed by atoms with van der Waals surface area (Å²) < 4.78 is 12.7.